The predicted octanol–water partition coefficient (Wildman–Crippen LogP) is 4.03. The quantitative estimate of drug-likeness (QED) is 0.804. The highest BCUT2D eigenvalue weighted by atomic mass is 16.5. The average molecular weight is 292 g/mol. The SMILES string of the molecule is CC1CCCC(OCCC2CCCC2(C#N)NC(C)C)C1. The number of nitriles is 1. The molecule has 4 unspecified atom stereocenters. The summed E-state index contributed by atoms with van der Waals surface area (Å²) in [5.41, 5.74) is -0.308. The number of ether oxygens (including phenoxy) is 1. The summed E-state index contributed by atoms with van der Waals surface area (Å²) in [6.45, 7) is 7.42. The Labute approximate surface area is 130 Å². The molecular weight excluding hydrogens is 260 g/mol. The molecule has 0 aromatic rings. The van der Waals surface area contributed by atoms with Crippen molar-refractivity contribution in [3.8, 4) is 6.07 Å². The van der Waals surface area contributed by atoms with Gasteiger partial charge in [0.1, 0.15) is 5.54 Å². The molecule has 0 saturated heterocycles. The number of nitrogens with one attached hydrogen (secondary N) is 1. The Morgan fingerprint density at radius 2 is 2.10 bits per heavy atom. The Hall–Kier alpha value is -0.590. The van der Waals surface area contributed by atoms with Crippen LogP contribution in [0.1, 0.15) is 72.1 Å². The van der Waals surface area contributed by atoms with Gasteiger partial charge in [-0.25, -0.2) is 0 Å². The van der Waals surface area contributed by atoms with E-state index >= 15 is 0 Å². The molecule has 2 aliphatic carbocycles. The molecule has 0 heterocycles. The highest BCUT2D eigenvalue weighted by molar-refractivity contribution is 5.14. The van der Waals surface area contributed by atoms with Crippen LogP contribution in [-0.4, -0.2) is 24.3 Å². The van der Waals surface area contributed by atoms with Gasteiger partial charge in [0, 0.05) is 12.6 Å². The maximum Gasteiger partial charge on any atom is 0.109 e. The van der Waals surface area contributed by atoms with Crippen LogP contribution in [-0.2, 0) is 4.74 Å². The first-order chi connectivity index (χ1) is 10.1. The summed E-state index contributed by atoms with van der Waals surface area (Å²) in [4.78, 5) is 0. The van der Waals surface area contributed by atoms with Gasteiger partial charge in [0.25, 0.3) is 0 Å². The lowest BCUT2D eigenvalue weighted by atomic mass is 9.85. The minimum absolute atomic E-state index is 0.308. The lowest BCUT2D eigenvalue weighted by Crippen LogP contribution is -2.50. The molecule has 2 aliphatic rings. The van der Waals surface area contributed by atoms with Crippen molar-refractivity contribution in [2.75, 3.05) is 6.61 Å². The van der Waals surface area contributed by atoms with Gasteiger partial charge in [-0.15, -0.1) is 0 Å². The Morgan fingerprint density at radius 3 is 2.76 bits per heavy atom. The van der Waals surface area contributed by atoms with E-state index in [1.807, 2.05) is 0 Å². The van der Waals surface area contributed by atoms with E-state index in [4.69, 9.17) is 4.74 Å². The average Bonchev–Trinajstić information content (AvgIpc) is 2.82. The lowest BCUT2D eigenvalue weighted by molar-refractivity contribution is 0.00648. The third kappa shape index (κ3) is 4.44. The normalized spacial score (nSPS) is 36.8. The summed E-state index contributed by atoms with van der Waals surface area (Å²) < 4.78 is 6.12. The van der Waals surface area contributed by atoms with E-state index in [1.54, 1.807) is 0 Å². The molecule has 0 amide bonds. The maximum absolute atomic E-state index is 9.67. The predicted molar refractivity (Wildman–Crippen MR) is 85.9 cm³/mol. The molecule has 1 N–H and O–H groups in total. The smallest absolute Gasteiger partial charge is 0.109 e. The zero-order valence-corrected chi connectivity index (χ0v) is 14.0. The van der Waals surface area contributed by atoms with Gasteiger partial charge in [0.05, 0.1) is 12.2 Å². The van der Waals surface area contributed by atoms with Gasteiger partial charge in [-0.3, -0.25) is 5.32 Å². The first-order valence-corrected chi connectivity index (χ1v) is 8.86. The number of hydrogen-bond acceptors (Lipinski definition) is 3. The van der Waals surface area contributed by atoms with Crippen molar-refractivity contribution in [2.24, 2.45) is 11.8 Å². The van der Waals surface area contributed by atoms with E-state index in [2.05, 4.69) is 32.2 Å². The van der Waals surface area contributed by atoms with E-state index in [0.717, 1.165) is 31.8 Å². The molecule has 0 aromatic heterocycles. The van der Waals surface area contributed by atoms with Crippen LogP contribution in [0.2, 0.25) is 0 Å². The zero-order valence-electron chi connectivity index (χ0n) is 14.0. The fourth-order valence-corrected chi connectivity index (χ4v) is 4.26. The van der Waals surface area contributed by atoms with E-state index in [1.165, 1.54) is 32.1 Å². The first-order valence-electron chi connectivity index (χ1n) is 8.86. The Morgan fingerprint density at radius 1 is 1.29 bits per heavy atom. The Bertz CT molecular complexity index is 363. The highest BCUT2D eigenvalue weighted by Crippen LogP contribution is 2.38. The second kappa shape index (κ2) is 7.61. The van der Waals surface area contributed by atoms with Gasteiger partial charge in [-0.05, 0) is 57.8 Å². The van der Waals surface area contributed by atoms with E-state index in [-0.39, 0.29) is 5.54 Å². The van der Waals surface area contributed by atoms with Crippen molar-refractivity contribution in [1.29, 1.82) is 5.26 Å². The van der Waals surface area contributed by atoms with Crippen LogP contribution in [0.15, 0.2) is 0 Å². The minimum Gasteiger partial charge on any atom is -0.378 e. The van der Waals surface area contributed by atoms with E-state index < -0.39 is 0 Å². The molecule has 0 radical (unpaired) electrons. The molecule has 3 nitrogen and oxygen atoms in total. The molecular formula is C18H32N2O. The van der Waals surface area contributed by atoms with Gasteiger partial charge in [0.15, 0.2) is 0 Å². The van der Waals surface area contributed by atoms with Crippen LogP contribution in [0.5, 0.6) is 0 Å². The van der Waals surface area contributed by atoms with Gasteiger partial charge in [0.2, 0.25) is 0 Å². The lowest BCUT2D eigenvalue weighted by Gasteiger charge is -2.33. The molecule has 0 bridgehead atoms. The Kier molecular flexibility index (Phi) is 6.08. The number of rotatable bonds is 6. The third-order valence-corrected chi connectivity index (χ3v) is 5.27. The van der Waals surface area contributed by atoms with Gasteiger partial charge < -0.3 is 4.74 Å². The fraction of sp³-hybridized carbons (Fsp3) is 0.944. The maximum atomic E-state index is 9.67. The van der Waals surface area contributed by atoms with Crippen molar-refractivity contribution < 1.29 is 4.74 Å². The highest BCUT2D eigenvalue weighted by Gasteiger charge is 2.43. The molecule has 3 heteroatoms. The number of nitrogens with zero attached hydrogens (tertiary/aromatic N) is 1. The second-order valence-electron chi connectivity index (χ2n) is 7.52. The standard InChI is InChI=1S/C18H32N2O/c1-14(2)20-18(13-19)10-5-7-16(18)9-11-21-17-8-4-6-15(3)12-17/h14-17,20H,4-12H2,1-3H3. The molecule has 120 valence electrons. The molecule has 0 spiro atoms. The summed E-state index contributed by atoms with van der Waals surface area (Å²) in [5.74, 6) is 1.27. The van der Waals surface area contributed by atoms with Crippen molar-refractivity contribution in [1.82, 2.24) is 5.32 Å². The van der Waals surface area contributed by atoms with Crippen molar-refractivity contribution in [2.45, 2.75) is 89.8 Å². The molecule has 0 aromatic carbocycles. The van der Waals surface area contributed by atoms with E-state index in [0.29, 0.717) is 18.1 Å². The second-order valence-corrected chi connectivity index (χ2v) is 7.52. The topological polar surface area (TPSA) is 45.0 Å². The van der Waals surface area contributed by atoms with E-state index in [9.17, 15) is 5.26 Å². The van der Waals surface area contributed by atoms with Crippen LogP contribution < -0.4 is 5.32 Å². The van der Waals surface area contributed by atoms with Crippen LogP contribution in [0.3, 0.4) is 0 Å². The summed E-state index contributed by atoms with van der Waals surface area (Å²) in [7, 11) is 0. The first kappa shape index (κ1) is 16.8. The van der Waals surface area contributed by atoms with Crippen LogP contribution >= 0.6 is 0 Å². The summed E-state index contributed by atoms with van der Waals surface area (Å²) in [5, 5.41) is 13.2. The fourth-order valence-electron chi connectivity index (χ4n) is 4.26. The number of hydrogen-bond donors (Lipinski definition) is 1. The summed E-state index contributed by atoms with van der Waals surface area (Å²) >= 11 is 0. The summed E-state index contributed by atoms with van der Waals surface area (Å²) in [6, 6.07) is 2.95. The molecule has 0 aliphatic heterocycles. The Balaban J connectivity index is 1.80. The van der Waals surface area contributed by atoms with Crippen LogP contribution in [0, 0.1) is 23.2 Å². The van der Waals surface area contributed by atoms with Crippen LogP contribution in [0.25, 0.3) is 0 Å². The molecule has 21 heavy (non-hydrogen) atoms. The van der Waals surface area contributed by atoms with Crippen LogP contribution in [0.4, 0.5) is 0 Å². The van der Waals surface area contributed by atoms with Crippen molar-refractivity contribution in [3.05, 3.63) is 0 Å². The summed E-state index contributed by atoms with van der Waals surface area (Å²) in [6.07, 6.45) is 9.93. The van der Waals surface area contributed by atoms with Gasteiger partial charge in [-0.1, -0.05) is 26.2 Å². The molecule has 4 atom stereocenters. The molecule has 2 saturated carbocycles. The third-order valence-electron chi connectivity index (χ3n) is 5.27. The zero-order chi connectivity index (χ0) is 15.3. The molecule has 2 rings (SSSR count). The monoisotopic (exact) mass is 292 g/mol. The van der Waals surface area contributed by atoms with Crippen molar-refractivity contribution >= 4 is 0 Å². The largest absolute Gasteiger partial charge is 0.378 e. The minimum atomic E-state index is -0.308. The van der Waals surface area contributed by atoms with Crippen molar-refractivity contribution in [3.63, 3.8) is 0 Å². The van der Waals surface area contributed by atoms with Gasteiger partial charge >= 0.3 is 0 Å². The van der Waals surface area contributed by atoms with Gasteiger partial charge in [-0.2, -0.15) is 5.26 Å². The molecule has 2 fully saturated rings.